The first-order chi connectivity index (χ1) is 13.8. The second-order valence-corrected chi connectivity index (χ2v) is 7.48. The van der Waals surface area contributed by atoms with Gasteiger partial charge in [-0.3, -0.25) is 14.7 Å². The van der Waals surface area contributed by atoms with Crippen LogP contribution < -0.4 is 10.6 Å². The molecule has 1 amide bonds. The topological polar surface area (TPSA) is 70.5 Å². The van der Waals surface area contributed by atoms with Crippen LogP contribution in [0.5, 0.6) is 0 Å². The van der Waals surface area contributed by atoms with Crippen LogP contribution in [-0.4, -0.2) is 21.4 Å². The molecule has 29 heavy (non-hydrogen) atoms. The van der Waals surface area contributed by atoms with Crippen molar-refractivity contribution in [2.75, 3.05) is 5.01 Å². The van der Waals surface area contributed by atoms with Crippen LogP contribution >= 0.6 is 23.2 Å². The average Bonchev–Trinajstić information content (AvgIpc) is 3.14. The lowest BCUT2D eigenvalue weighted by molar-refractivity contribution is -0.114. The van der Waals surface area contributed by atoms with Crippen LogP contribution in [0.1, 0.15) is 18.2 Å². The van der Waals surface area contributed by atoms with E-state index in [4.69, 9.17) is 23.2 Å². The molecular formula is C21H16Cl2N4O2. The summed E-state index contributed by atoms with van der Waals surface area (Å²) in [6.45, 7) is 3.52. The number of H-pyrrole nitrogens is 1. The molecule has 0 saturated carbocycles. The van der Waals surface area contributed by atoms with Crippen molar-refractivity contribution in [2.45, 2.75) is 13.8 Å². The summed E-state index contributed by atoms with van der Waals surface area (Å²) in [7, 11) is 0. The minimum absolute atomic E-state index is 0.261. The van der Waals surface area contributed by atoms with Crippen LogP contribution in [0.15, 0.2) is 64.0 Å². The lowest BCUT2D eigenvalue weighted by Gasteiger charge is -2.11. The molecule has 2 aromatic carbocycles. The Hall–Kier alpha value is -3.09. The first kappa shape index (κ1) is 19.2. The van der Waals surface area contributed by atoms with Crippen molar-refractivity contribution in [1.29, 1.82) is 0 Å². The molecular weight excluding hydrogens is 411 g/mol. The SMILES string of the molecule is CC1=NN(c2ccc(Cl)cc2)C(=O)C1=Cc1c(C)[nH]n(-c2ccc(Cl)cc2)c1=O. The van der Waals surface area contributed by atoms with E-state index in [9.17, 15) is 9.59 Å². The van der Waals surface area contributed by atoms with Gasteiger partial charge in [0.25, 0.3) is 11.5 Å². The van der Waals surface area contributed by atoms with Gasteiger partial charge in [0.1, 0.15) is 0 Å². The number of carbonyl (C=O) groups excluding carboxylic acids is 1. The number of aromatic nitrogens is 2. The predicted octanol–water partition coefficient (Wildman–Crippen LogP) is 4.59. The number of halogens is 2. The van der Waals surface area contributed by atoms with E-state index in [-0.39, 0.29) is 11.5 Å². The highest BCUT2D eigenvalue weighted by Gasteiger charge is 2.29. The number of aromatic amines is 1. The van der Waals surface area contributed by atoms with Crippen LogP contribution in [0, 0.1) is 6.92 Å². The van der Waals surface area contributed by atoms with E-state index in [1.54, 1.807) is 68.5 Å². The van der Waals surface area contributed by atoms with Gasteiger partial charge in [0.2, 0.25) is 0 Å². The standard InChI is InChI=1S/C21H16Cl2N4O2/c1-12-18(20(28)26(24-12)16-7-3-14(22)4-8-16)11-19-13(2)25-27(21(19)29)17-9-5-15(23)6-10-17/h3-11,24H,1-2H3. The largest absolute Gasteiger partial charge is 0.295 e. The number of carbonyl (C=O) groups is 1. The first-order valence-electron chi connectivity index (χ1n) is 8.80. The number of hydrogen-bond donors (Lipinski definition) is 1. The smallest absolute Gasteiger partial charge is 0.280 e. The number of benzene rings is 2. The van der Waals surface area contributed by atoms with Crippen LogP contribution in [0.3, 0.4) is 0 Å². The Morgan fingerprint density at radius 2 is 1.45 bits per heavy atom. The number of amides is 1. The van der Waals surface area contributed by atoms with Crippen LogP contribution in [0.25, 0.3) is 11.8 Å². The first-order valence-corrected chi connectivity index (χ1v) is 9.55. The van der Waals surface area contributed by atoms with E-state index < -0.39 is 0 Å². The van der Waals surface area contributed by atoms with E-state index in [1.807, 2.05) is 0 Å². The van der Waals surface area contributed by atoms with Crippen molar-refractivity contribution in [3.8, 4) is 5.69 Å². The average molecular weight is 427 g/mol. The number of hydrazone groups is 1. The maximum atomic E-state index is 12.9. The molecule has 0 bridgehead atoms. The molecule has 0 saturated heterocycles. The summed E-state index contributed by atoms with van der Waals surface area (Å²) in [5, 5.41) is 9.83. The fourth-order valence-electron chi connectivity index (χ4n) is 3.09. The molecule has 8 heteroatoms. The molecule has 0 aliphatic carbocycles. The van der Waals surface area contributed by atoms with Gasteiger partial charge >= 0.3 is 0 Å². The minimum atomic E-state index is -0.303. The molecule has 146 valence electrons. The zero-order chi connectivity index (χ0) is 20.7. The van der Waals surface area contributed by atoms with Crippen molar-refractivity contribution in [3.63, 3.8) is 0 Å². The molecule has 0 fully saturated rings. The number of nitrogens with one attached hydrogen (secondary N) is 1. The highest BCUT2D eigenvalue weighted by molar-refractivity contribution is 6.32. The summed E-state index contributed by atoms with van der Waals surface area (Å²) < 4.78 is 1.42. The molecule has 3 aromatic rings. The maximum Gasteiger partial charge on any atom is 0.280 e. The molecule has 1 aromatic heterocycles. The van der Waals surface area contributed by atoms with Gasteiger partial charge < -0.3 is 0 Å². The molecule has 0 unspecified atom stereocenters. The van der Waals surface area contributed by atoms with Crippen LogP contribution in [-0.2, 0) is 4.79 Å². The zero-order valence-electron chi connectivity index (χ0n) is 15.6. The third kappa shape index (κ3) is 3.52. The number of rotatable bonds is 3. The Kier molecular flexibility index (Phi) is 4.90. The summed E-state index contributed by atoms with van der Waals surface area (Å²) in [5.74, 6) is -0.303. The summed E-state index contributed by atoms with van der Waals surface area (Å²) in [4.78, 5) is 25.9. The van der Waals surface area contributed by atoms with Crippen molar-refractivity contribution >= 4 is 46.6 Å². The summed E-state index contributed by atoms with van der Waals surface area (Å²) in [6.07, 6.45) is 1.58. The Morgan fingerprint density at radius 3 is 2.03 bits per heavy atom. The van der Waals surface area contributed by atoms with E-state index in [0.717, 1.165) is 0 Å². The highest BCUT2D eigenvalue weighted by Crippen LogP contribution is 2.26. The summed E-state index contributed by atoms with van der Waals surface area (Å²) in [6, 6.07) is 13.7. The molecule has 0 atom stereocenters. The van der Waals surface area contributed by atoms with Gasteiger partial charge in [0.15, 0.2) is 0 Å². The van der Waals surface area contributed by atoms with Gasteiger partial charge in [0, 0.05) is 15.7 Å². The Morgan fingerprint density at radius 1 is 0.897 bits per heavy atom. The molecule has 6 nitrogen and oxygen atoms in total. The van der Waals surface area contributed by atoms with Gasteiger partial charge in [-0.15, -0.1) is 0 Å². The number of hydrogen-bond acceptors (Lipinski definition) is 3. The highest BCUT2D eigenvalue weighted by atomic mass is 35.5. The third-order valence-corrected chi connectivity index (χ3v) is 5.13. The second-order valence-electron chi connectivity index (χ2n) is 6.60. The molecule has 1 N–H and O–H groups in total. The van der Waals surface area contributed by atoms with Gasteiger partial charge in [-0.25, -0.2) is 4.68 Å². The van der Waals surface area contributed by atoms with E-state index >= 15 is 0 Å². The quantitative estimate of drug-likeness (QED) is 0.622. The van der Waals surface area contributed by atoms with E-state index in [0.29, 0.717) is 44.0 Å². The lowest BCUT2D eigenvalue weighted by atomic mass is 10.1. The zero-order valence-corrected chi connectivity index (χ0v) is 17.1. The van der Waals surface area contributed by atoms with Crippen molar-refractivity contribution < 1.29 is 4.79 Å². The number of aryl methyl sites for hydroxylation is 1. The fraction of sp³-hybridized carbons (Fsp3) is 0.0952. The summed E-state index contributed by atoms with van der Waals surface area (Å²) >= 11 is 11.8. The Labute approximate surface area is 176 Å². The van der Waals surface area contributed by atoms with Crippen molar-refractivity contribution in [1.82, 2.24) is 9.78 Å². The molecule has 0 radical (unpaired) electrons. The normalized spacial score (nSPS) is 15.3. The Bertz CT molecular complexity index is 1220. The summed E-state index contributed by atoms with van der Waals surface area (Å²) in [5.41, 5.74) is 2.93. The Balaban J connectivity index is 1.72. The molecule has 1 aliphatic rings. The second kappa shape index (κ2) is 7.39. The number of anilines is 1. The molecule has 2 heterocycles. The van der Waals surface area contributed by atoms with Gasteiger partial charge in [0.05, 0.1) is 28.2 Å². The van der Waals surface area contributed by atoms with E-state index in [1.165, 1.54) is 9.69 Å². The molecule has 0 spiro atoms. The predicted molar refractivity (Wildman–Crippen MR) is 116 cm³/mol. The molecule has 1 aliphatic heterocycles. The monoisotopic (exact) mass is 426 g/mol. The van der Waals surface area contributed by atoms with Gasteiger partial charge in [-0.05, 0) is 68.5 Å². The lowest BCUT2D eigenvalue weighted by Crippen LogP contribution is -2.21. The minimum Gasteiger partial charge on any atom is -0.295 e. The van der Waals surface area contributed by atoms with E-state index in [2.05, 4.69) is 10.2 Å². The van der Waals surface area contributed by atoms with Crippen molar-refractivity contribution in [2.24, 2.45) is 5.10 Å². The van der Waals surface area contributed by atoms with Crippen LogP contribution in [0.2, 0.25) is 10.0 Å². The maximum absolute atomic E-state index is 12.9. The fourth-order valence-corrected chi connectivity index (χ4v) is 3.34. The van der Waals surface area contributed by atoms with Crippen molar-refractivity contribution in [3.05, 3.63) is 85.8 Å². The molecule has 4 rings (SSSR count). The van der Waals surface area contributed by atoms with Crippen LogP contribution in [0.4, 0.5) is 5.69 Å². The third-order valence-electron chi connectivity index (χ3n) is 4.62. The van der Waals surface area contributed by atoms with Gasteiger partial charge in [-0.2, -0.15) is 10.1 Å². The number of nitrogens with zero attached hydrogens (tertiary/aromatic N) is 3. The van der Waals surface area contributed by atoms with Gasteiger partial charge in [-0.1, -0.05) is 23.2 Å².